The summed E-state index contributed by atoms with van der Waals surface area (Å²) in [4.78, 5) is 61.2. The molecule has 1 aliphatic rings. The summed E-state index contributed by atoms with van der Waals surface area (Å²) in [6.07, 6.45) is 3.59. The van der Waals surface area contributed by atoms with Crippen LogP contribution >= 0.6 is 0 Å². The lowest BCUT2D eigenvalue weighted by Crippen LogP contribution is -2.52. The van der Waals surface area contributed by atoms with Crippen molar-refractivity contribution in [2.24, 2.45) is 11.8 Å². The minimum atomic E-state index is -0.908. The number of hydrogen-bond donors (Lipinski definition) is 4. The van der Waals surface area contributed by atoms with Crippen molar-refractivity contribution < 1.29 is 37.6 Å². The van der Waals surface area contributed by atoms with Gasteiger partial charge in [-0.05, 0) is 51.7 Å². The topological polar surface area (TPSA) is 169 Å². The number of esters is 1. The first kappa shape index (κ1) is 34.7. The SMILES string of the molecule is CCOC(=O)/C=C/C(CC1CCNC1=O)NC(=O)CNC(=O)C(NC(=O)c1cc(C)on1)C(C)C.Cc1ccc(F)cc1. The van der Waals surface area contributed by atoms with Gasteiger partial charge in [0.1, 0.15) is 17.6 Å². The minimum Gasteiger partial charge on any atom is -0.463 e. The molecule has 12 nitrogen and oxygen atoms in total. The van der Waals surface area contributed by atoms with Gasteiger partial charge in [0.25, 0.3) is 5.91 Å². The largest absolute Gasteiger partial charge is 0.463 e. The third-order valence-electron chi connectivity index (χ3n) is 6.33. The van der Waals surface area contributed by atoms with Crippen LogP contribution in [0.2, 0.25) is 0 Å². The van der Waals surface area contributed by atoms with Crippen LogP contribution in [0.25, 0.3) is 0 Å². The van der Waals surface area contributed by atoms with Gasteiger partial charge in [0.2, 0.25) is 17.7 Å². The average molecular weight is 602 g/mol. The number of nitrogens with zero attached hydrogens (tertiary/aromatic N) is 1. The van der Waals surface area contributed by atoms with Gasteiger partial charge >= 0.3 is 5.97 Å². The molecule has 0 bridgehead atoms. The van der Waals surface area contributed by atoms with Gasteiger partial charge in [-0.15, -0.1) is 0 Å². The molecule has 3 rings (SSSR count). The van der Waals surface area contributed by atoms with Gasteiger partial charge in [0, 0.05) is 30.6 Å². The molecule has 1 saturated heterocycles. The van der Waals surface area contributed by atoms with Crippen molar-refractivity contribution in [3.8, 4) is 0 Å². The summed E-state index contributed by atoms with van der Waals surface area (Å²) in [6.45, 7) is 9.16. The Hall–Kier alpha value is -4.55. The van der Waals surface area contributed by atoms with Crippen molar-refractivity contribution in [3.05, 3.63) is 65.3 Å². The zero-order valence-corrected chi connectivity index (χ0v) is 25.1. The highest BCUT2D eigenvalue weighted by molar-refractivity contribution is 5.97. The molecule has 3 atom stereocenters. The van der Waals surface area contributed by atoms with E-state index in [-0.39, 0.29) is 42.4 Å². The highest BCUT2D eigenvalue weighted by atomic mass is 19.1. The van der Waals surface area contributed by atoms with Crippen LogP contribution in [0.1, 0.15) is 55.4 Å². The Morgan fingerprint density at radius 1 is 1.16 bits per heavy atom. The lowest BCUT2D eigenvalue weighted by molar-refractivity contribution is -0.137. The molecule has 13 heteroatoms. The summed E-state index contributed by atoms with van der Waals surface area (Å²) in [6, 6.07) is 6.32. The lowest BCUT2D eigenvalue weighted by atomic mass is 9.98. The fourth-order valence-electron chi connectivity index (χ4n) is 4.04. The number of rotatable bonds is 12. The number of amides is 4. The Morgan fingerprint density at radius 2 is 1.86 bits per heavy atom. The van der Waals surface area contributed by atoms with E-state index in [1.165, 1.54) is 30.4 Å². The maximum Gasteiger partial charge on any atom is 0.330 e. The van der Waals surface area contributed by atoms with E-state index in [1.54, 1.807) is 39.8 Å². The van der Waals surface area contributed by atoms with E-state index >= 15 is 0 Å². The number of hydrogen-bond acceptors (Lipinski definition) is 8. The Balaban J connectivity index is 0.000000694. The molecule has 4 N–H and O–H groups in total. The molecular formula is C30H40FN5O7. The number of aromatic nitrogens is 1. The van der Waals surface area contributed by atoms with Crippen LogP contribution in [0.5, 0.6) is 0 Å². The second kappa shape index (κ2) is 17.4. The monoisotopic (exact) mass is 601 g/mol. The third-order valence-corrected chi connectivity index (χ3v) is 6.33. The van der Waals surface area contributed by atoms with Crippen molar-refractivity contribution in [2.75, 3.05) is 19.7 Å². The fraction of sp³-hybridized carbons (Fsp3) is 0.467. The predicted octanol–water partition coefficient (Wildman–Crippen LogP) is 2.12. The zero-order valence-electron chi connectivity index (χ0n) is 25.1. The summed E-state index contributed by atoms with van der Waals surface area (Å²) in [7, 11) is 0. The van der Waals surface area contributed by atoms with Gasteiger partial charge in [-0.3, -0.25) is 19.2 Å². The number of benzene rings is 1. The van der Waals surface area contributed by atoms with E-state index < -0.39 is 35.8 Å². The van der Waals surface area contributed by atoms with Crippen LogP contribution in [0, 0.1) is 31.5 Å². The Bertz CT molecular complexity index is 1250. The van der Waals surface area contributed by atoms with Crippen molar-refractivity contribution in [1.29, 1.82) is 0 Å². The Labute approximate surface area is 250 Å². The summed E-state index contributed by atoms with van der Waals surface area (Å²) in [5.41, 5.74) is 1.14. The number of halogens is 1. The zero-order chi connectivity index (χ0) is 31.9. The standard InChI is InChI=1S/C23H33N5O7.C7H7F/c1-5-34-19(30)7-6-16(11-15-8-9-24-21(15)31)26-18(29)12-25-23(33)20(13(2)3)27-22(32)17-10-14(4)35-28-17;1-6-2-4-7(8)5-3-6/h6-7,10,13,15-16,20H,5,8-9,11-12H2,1-4H3,(H,24,31)(H,25,33)(H,26,29)(H,27,32);2-5H,1H3/b7-6+;. The van der Waals surface area contributed by atoms with E-state index in [0.717, 1.165) is 5.56 Å². The molecular weight excluding hydrogens is 561 g/mol. The van der Waals surface area contributed by atoms with Gasteiger partial charge in [-0.25, -0.2) is 9.18 Å². The molecule has 4 amide bonds. The van der Waals surface area contributed by atoms with E-state index in [9.17, 15) is 28.4 Å². The highest BCUT2D eigenvalue weighted by Crippen LogP contribution is 2.17. The van der Waals surface area contributed by atoms with E-state index in [1.807, 2.05) is 6.92 Å². The van der Waals surface area contributed by atoms with Crippen LogP contribution in [-0.2, 0) is 23.9 Å². The van der Waals surface area contributed by atoms with Crippen LogP contribution < -0.4 is 21.3 Å². The smallest absolute Gasteiger partial charge is 0.330 e. The molecule has 1 aliphatic heterocycles. The van der Waals surface area contributed by atoms with Gasteiger partial charge in [-0.1, -0.05) is 42.8 Å². The van der Waals surface area contributed by atoms with E-state index in [4.69, 9.17) is 9.26 Å². The Morgan fingerprint density at radius 3 is 2.40 bits per heavy atom. The number of nitrogens with one attached hydrogen (secondary N) is 4. The molecule has 43 heavy (non-hydrogen) atoms. The van der Waals surface area contributed by atoms with Gasteiger partial charge in [-0.2, -0.15) is 0 Å². The van der Waals surface area contributed by atoms with Gasteiger partial charge in [0.15, 0.2) is 5.69 Å². The average Bonchev–Trinajstić information content (AvgIpc) is 3.58. The normalized spacial score (nSPS) is 15.6. The number of carbonyl (C=O) groups excluding carboxylic acids is 5. The fourth-order valence-corrected chi connectivity index (χ4v) is 4.04. The second-order valence-electron chi connectivity index (χ2n) is 10.3. The van der Waals surface area contributed by atoms with Gasteiger partial charge in [0.05, 0.1) is 13.2 Å². The number of carbonyl (C=O) groups is 5. The van der Waals surface area contributed by atoms with Crippen molar-refractivity contribution >= 4 is 29.6 Å². The Kier molecular flexibility index (Phi) is 14.0. The van der Waals surface area contributed by atoms with Crippen LogP contribution in [0.3, 0.4) is 0 Å². The number of aryl methyl sites for hydroxylation is 2. The van der Waals surface area contributed by atoms with E-state index in [2.05, 4.69) is 26.4 Å². The molecule has 1 aromatic heterocycles. The quantitative estimate of drug-likeness (QED) is 0.212. The van der Waals surface area contributed by atoms with Crippen LogP contribution in [0.4, 0.5) is 4.39 Å². The number of ether oxygens (including phenoxy) is 1. The molecule has 234 valence electrons. The summed E-state index contributed by atoms with van der Waals surface area (Å²) in [5.74, 6) is -2.59. The molecule has 0 spiro atoms. The third kappa shape index (κ3) is 12.5. The van der Waals surface area contributed by atoms with Crippen LogP contribution in [0.15, 0.2) is 47.0 Å². The molecule has 0 aliphatic carbocycles. The summed E-state index contributed by atoms with van der Waals surface area (Å²) < 4.78 is 21.8. The van der Waals surface area contributed by atoms with E-state index in [0.29, 0.717) is 25.1 Å². The molecule has 1 fully saturated rings. The minimum absolute atomic E-state index is 0.0471. The maximum absolute atomic E-state index is 12.7. The first-order valence-electron chi connectivity index (χ1n) is 14.1. The summed E-state index contributed by atoms with van der Waals surface area (Å²) >= 11 is 0. The van der Waals surface area contributed by atoms with Crippen molar-refractivity contribution in [2.45, 2.75) is 59.5 Å². The second-order valence-corrected chi connectivity index (χ2v) is 10.3. The van der Waals surface area contributed by atoms with Crippen molar-refractivity contribution in [3.63, 3.8) is 0 Å². The molecule has 0 saturated carbocycles. The lowest BCUT2D eigenvalue weighted by Gasteiger charge is -2.22. The van der Waals surface area contributed by atoms with Gasteiger partial charge < -0.3 is 30.5 Å². The predicted molar refractivity (Wildman–Crippen MR) is 155 cm³/mol. The first-order valence-corrected chi connectivity index (χ1v) is 14.1. The molecule has 1 aromatic carbocycles. The molecule has 2 aromatic rings. The van der Waals surface area contributed by atoms with Crippen molar-refractivity contribution in [1.82, 2.24) is 26.4 Å². The maximum atomic E-state index is 12.7. The molecule has 0 radical (unpaired) electrons. The first-order chi connectivity index (χ1) is 20.4. The molecule has 3 unspecified atom stereocenters. The highest BCUT2D eigenvalue weighted by Gasteiger charge is 2.28. The summed E-state index contributed by atoms with van der Waals surface area (Å²) in [5, 5.41) is 14.2. The van der Waals surface area contributed by atoms with Crippen LogP contribution in [-0.4, -0.2) is 66.5 Å². The molecule has 2 heterocycles.